The summed E-state index contributed by atoms with van der Waals surface area (Å²) >= 11 is 0. The lowest BCUT2D eigenvalue weighted by molar-refractivity contribution is 0.0306. The van der Waals surface area contributed by atoms with Crippen molar-refractivity contribution in [2.45, 2.75) is 76.0 Å². The summed E-state index contributed by atoms with van der Waals surface area (Å²) in [6.45, 7) is 6.12. The third-order valence-electron chi connectivity index (χ3n) is 9.49. The van der Waals surface area contributed by atoms with Gasteiger partial charge in [0, 0.05) is 23.8 Å². The van der Waals surface area contributed by atoms with E-state index in [0.29, 0.717) is 53.3 Å². The topological polar surface area (TPSA) is 101 Å². The number of likely N-dealkylation sites (N-methyl/N-ethyl adjacent to an activating group) is 1. The van der Waals surface area contributed by atoms with E-state index in [-0.39, 0.29) is 12.1 Å². The van der Waals surface area contributed by atoms with Gasteiger partial charge in [0.05, 0.1) is 12.2 Å². The quantitative estimate of drug-likeness (QED) is 0.329. The minimum atomic E-state index is -0.960. The maximum atomic E-state index is 13.4. The lowest BCUT2D eigenvalue weighted by Gasteiger charge is -2.30. The van der Waals surface area contributed by atoms with Crippen LogP contribution in [0, 0.1) is 0 Å². The second-order valence-corrected chi connectivity index (χ2v) is 12.0. The second-order valence-electron chi connectivity index (χ2n) is 12.0. The minimum absolute atomic E-state index is 0.206. The molecule has 2 N–H and O–H groups in total. The van der Waals surface area contributed by atoms with Gasteiger partial charge in [-0.15, -0.1) is 6.58 Å². The number of anilines is 2. The molecule has 1 aromatic carbocycles. The predicted molar refractivity (Wildman–Crippen MR) is 160 cm³/mol. The molecule has 3 aliphatic rings. The van der Waals surface area contributed by atoms with Crippen LogP contribution in [-0.2, 0) is 31.4 Å². The molecular weight excluding hydrogens is 514 g/mol. The Bertz CT molecular complexity index is 1750. The van der Waals surface area contributed by atoms with Gasteiger partial charge in [-0.05, 0) is 99.5 Å². The Hall–Kier alpha value is -3.82. The SMILES string of the molecule is C=CCn1c(=O)c2cnc(Nc3cc4c5c(c3)CC(N(C)C)C5CCC4)nc2n1-c1ccc2c(n1)C(O)(CC)CC2. The molecule has 7 rings (SSSR count). The summed E-state index contributed by atoms with van der Waals surface area (Å²) in [5.74, 6) is 1.57. The standard InChI is InChI=1S/C32H37N7O2/c1-5-14-38-30(40)24-18-33-31(34-22-15-20-8-7-9-23-25(37(3)4)17-21(16-22)27(20)23)36-29(24)39(38)26-11-10-19-12-13-32(41,6-2)28(19)35-26/h5,10-11,15-16,18,23,25,41H,1,6-9,12-14,17H2,2-4H3,(H,33,34,36). The number of nitrogens with one attached hydrogen (secondary N) is 1. The summed E-state index contributed by atoms with van der Waals surface area (Å²) in [4.78, 5) is 30.1. The largest absolute Gasteiger partial charge is 0.384 e. The number of benzene rings is 1. The highest BCUT2D eigenvalue weighted by molar-refractivity contribution is 5.77. The second kappa shape index (κ2) is 9.63. The third-order valence-corrected chi connectivity index (χ3v) is 9.49. The number of hydrogen-bond donors (Lipinski definition) is 2. The number of pyridine rings is 1. The lowest BCUT2D eigenvalue weighted by Crippen LogP contribution is -2.32. The monoisotopic (exact) mass is 551 g/mol. The first kappa shape index (κ1) is 26.1. The van der Waals surface area contributed by atoms with Crippen molar-refractivity contribution in [3.63, 3.8) is 0 Å². The highest BCUT2D eigenvalue weighted by atomic mass is 16.3. The fraction of sp³-hybridized carbons (Fsp3) is 0.438. The molecule has 3 atom stereocenters. The van der Waals surface area contributed by atoms with Crippen molar-refractivity contribution < 1.29 is 5.11 Å². The average Bonchev–Trinajstić information content (AvgIpc) is 3.60. The van der Waals surface area contributed by atoms with Crippen LogP contribution >= 0.6 is 0 Å². The van der Waals surface area contributed by atoms with Crippen molar-refractivity contribution in [3.05, 3.63) is 81.4 Å². The van der Waals surface area contributed by atoms with E-state index in [1.54, 1.807) is 27.2 Å². The normalized spacial score (nSPS) is 22.8. The molecule has 3 heterocycles. The zero-order valence-corrected chi connectivity index (χ0v) is 24.0. The molecule has 3 aliphatic carbocycles. The molecule has 9 nitrogen and oxygen atoms in total. The van der Waals surface area contributed by atoms with Gasteiger partial charge in [0.25, 0.3) is 5.56 Å². The molecule has 0 aliphatic heterocycles. The van der Waals surface area contributed by atoms with Crippen molar-refractivity contribution in [2.75, 3.05) is 19.4 Å². The van der Waals surface area contributed by atoms with E-state index >= 15 is 0 Å². The lowest BCUT2D eigenvalue weighted by atomic mass is 9.82. The molecule has 212 valence electrons. The van der Waals surface area contributed by atoms with Gasteiger partial charge >= 0.3 is 0 Å². The molecule has 41 heavy (non-hydrogen) atoms. The maximum absolute atomic E-state index is 13.4. The Kier molecular flexibility index (Phi) is 6.13. The zero-order chi connectivity index (χ0) is 28.5. The Morgan fingerprint density at radius 3 is 2.80 bits per heavy atom. The molecule has 0 spiro atoms. The van der Waals surface area contributed by atoms with E-state index in [9.17, 15) is 9.90 Å². The molecule has 0 saturated heterocycles. The van der Waals surface area contributed by atoms with Crippen LogP contribution < -0.4 is 10.9 Å². The van der Waals surface area contributed by atoms with Gasteiger partial charge in [0.15, 0.2) is 11.5 Å². The molecule has 4 aromatic rings. The van der Waals surface area contributed by atoms with Crippen molar-refractivity contribution >= 4 is 22.7 Å². The first-order chi connectivity index (χ1) is 19.8. The first-order valence-corrected chi connectivity index (χ1v) is 14.7. The van der Waals surface area contributed by atoms with Gasteiger partial charge in [-0.25, -0.2) is 19.3 Å². The Morgan fingerprint density at radius 2 is 2.02 bits per heavy atom. The van der Waals surface area contributed by atoms with E-state index in [4.69, 9.17) is 9.97 Å². The van der Waals surface area contributed by atoms with Gasteiger partial charge in [-0.1, -0.05) is 19.1 Å². The van der Waals surface area contributed by atoms with Crippen LogP contribution in [0.25, 0.3) is 16.9 Å². The Morgan fingerprint density at radius 1 is 1.20 bits per heavy atom. The smallest absolute Gasteiger partial charge is 0.278 e. The van der Waals surface area contributed by atoms with Crippen LogP contribution in [0.15, 0.2) is 47.9 Å². The van der Waals surface area contributed by atoms with E-state index in [0.717, 1.165) is 30.5 Å². The van der Waals surface area contributed by atoms with Crippen molar-refractivity contribution in [3.8, 4) is 5.82 Å². The zero-order valence-electron chi connectivity index (χ0n) is 24.0. The average molecular weight is 552 g/mol. The Balaban J connectivity index is 1.31. The number of nitrogens with zero attached hydrogens (tertiary/aromatic N) is 6. The van der Waals surface area contributed by atoms with Gasteiger partial charge in [-0.3, -0.25) is 4.79 Å². The van der Waals surface area contributed by atoms with Crippen LogP contribution in [0.1, 0.15) is 66.5 Å². The summed E-state index contributed by atoms with van der Waals surface area (Å²) < 4.78 is 3.31. The van der Waals surface area contributed by atoms with Gasteiger partial charge < -0.3 is 15.3 Å². The van der Waals surface area contributed by atoms with Crippen LogP contribution in [0.5, 0.6) is 0 Å². The predicted octanol–water partition coefficient (Wildman–Crippen LogP) is 4.36. The van der Waals surface area contributed by atoms with Crippen molar-refractivity contribution in [2.24, 2.45) is 0 Å². The van der Waals surface area contributed by atoms with Crippen molar-refractivity contribution in [1.29, 1.82) is 0 Å². The molecule has 0 amide bonds. The number of aryl methyl sites for hydroxylation is 2. The summed E-state index contributed by atoms with van der Waals surface area (Å²) in [7, 11) is 4.37. The molecule has 0 bridgehead atoms. The number of rotatable bonds is 7. The molecule has 0 saturated carbocycles. The molecule has 3 unspecified atom stereocenters. The summed E-state index contributed by atoms with van der Waals surface area (Å²) in [5.41, 5.74) is 6.38. The Labute approximate surface area is 239 Å². The number of aliphatic hydroxyl groups is 1. The fourth-order valence-corrected chi connectivity index (χ4v) is 7.40. The van der Waals surface area contributed by atoms with Gasteiger partial charge in [-0.2, -0.15) is 4.98 Å². The van der Waals surface area contributed by atoms with E-state index in [1.807, 2.05) is 19.1 Å². The van der Waals surface area contributed by atoms with Crippen LogP contribution in [0.4, 0.5) is 11.6 Å². The van der Waals surface area contributed by atoms with Gasteiger partial charge in [0.2, 0.25) is 5.95 Å². The highest BCUT2D eigenvalue weighted by Gasteiger charge is 2.38. The molecule has 3 aromatic heterocycles. The summed E-state index contributed by atoms with van der Waals surface area (Å²) in [6.07, 6.45) is 9.89. The maximum Gasteiger partial charge on any atom is 0.278 e. The van der Waals surface area contributed by atoms with E-state index in [1.165, 1.54) is 24.0 Å². The van der Waals surface area contributed by atoms with E-state index in [2.05, 4.69) is 48.0 Å². The van der Waals surface area contributed by atoms with E-state index < -0.39 is 5.60 Å². The molecular formula is C32H37N7O2. The molecule has 9 heteroatoms. The molecule has 0 radical (unpaired) electrons. The number of fused-ring (bicyclic) bond motifs is 2. The number of allylic oxidation sites excluding steroid dienone is 1. The van der Waals surface area contributed by atoms with Crippen LogP contribution in [0.2, 0.25) is 0 Å². The number of aromatic nitrogens is 5. The van der Waals surface area contributed by atoms with Crippen LogP contribution in [0.3, 0.4) is 0 Å². The first-order valence-electron chi connectivity index (χ1n) is 14.7. The highest BCUT2D eigenvalue weighted by Crippen LogP contribution is 2.45. The summed E-state index contributed by atoms with van der Waals surface area (Å²) in [6, 6.07) is 8.94. The van der Waals surface area contributed by atoms with Gasteiger partial charge in [0.1, 0.15) is 11.0 Å². The third kappa shape index (κ3) is 4.05. The fourth-order valence-electron chi connectivity index (χ4n) is 7.40. The molecule has 0 fully saturated rings. The minimum Gasteiger partial charge on any atom is -0.384 e. The van der Waals surface area contributed by atoms with Crippen molar-refractivity contribution in [1.82, 2.24) is 29.2 Å². The van der Waals surface area contributed by atoms with Crippen LogP contribution in [-0.4, -0.2) is 54.5 Å². The summed E-state index contributed by atoms with van der Waals surface area (Å²) in [5, 5.41) is 15.1. The number of hydrogen-bond acceptors (Lipinski definition) is 7.